The summed E-state index contributed by atoms with van der Waals surface area (Å²) < 4.78 is 26.0. The zero-order chi connectivity index (χ0) is 13.9. The van der Waals surface area contributed by atoms with Crippen LogP contribution in [0.1, 0.15) is 17.4 Å². The number of carbonyl (C=O) groups is 1. The second-order valence-corrected chi connectivity index (χ2v) is 6.78. The van der Waals surface area contributed by atoms with Gasteiger partial charge in [-0.1, -0.05) is 0 Å². The lowest BCUT2D eigenvalue weighted by Gasteiger charge is -2.19. The fourth-order valence-electron chi connectivity index (χ4n) is 1.05. The van der Waals surface area contributed by atoms with Crippen LogP contribution in [0.15, 0.2) is 9.72 Å². The number of rotatable bonds is 6. The van der Waals surface area contributed by atoms with E-state index in [1.807, 2.05) is 25.9 Å². The Morgan fingerprint density at radius 2 is 2.22 bits per heavy atom. The smallest absolute Gasteiger partial charge is 0.356 e. The summed E-state index contributed by atoms with van der Waals surface area (Å²) >= 11 is 0.789. The first-order chi connectivity index (χ1) is 8.25. The molecule has 1 unspecified atom stereocenters. The minimum Gasteiger partial charge on any atom is -0.476 e. The maximum atomic E-state index is 11.9. The molecule has 9 heteroatoms. The van der Waals surface area contributed by atoms with Crippen molar-refractivity contribution in [3.63, 3.8) is 0 Å². The highest BCUT2D eigenvalue weighted by atomic mass is 32.2. The summed E-state index contributed by atoms with van der Waals surface area (Å²) in [6.07, 6.45) is 0. The maximum absolute atomic E-state index is 11.9. The van der Waals surface area contributed by atoms with E-state index in [9.17, 15) is 13.2 Å². The number of nitrogens with zero attached hydrogens (tertiary/aromatic N) is 2. The molecule has 0 fully saturated rings. The number of aromatic nitrogens is 1. The topological polar surface area (TPSA) is 99.6 Å². The van der Waals surface area contributed by atoms with Gasteiger partial charge in [-0.25, -0.2) is 22.9 Å². The van der Waals surface area contributed by atoms with Gasteiger partial charge in [-0.05, 0) is 21.0 Å². The molecule has 0 saturated carbocycles. The van der Waals surface area contributed by atoms with Gasteiger partial charge in [-0.3, -0.25) is 0 Å². The molecule has 18 heavy (non-hydrogen) atoms. The monoisotopic (exact) mass is 293 g/mol. The van der Waals surface area contributed by atoms with Gasteiger partial charge in [0.05, 0.1) is 5.51 Å². The minimum atomic E-state index is -3.82. The van der Waals surface area contributed by atoms with Crippen LogP contribution in [0.2, 0.25) is 0 Å². The summed E-state index contributed by atoms with van der Waals surface area (Å²) in [4.78, 5) is 16.2. The van der Waals surface area contributed by atoms with Crippen molar-refractivity contribution in [1.82, 2.24) is 14.6 Å². The lowest BCUT2D eigenvalue weighted by molar-refractivity contribution is 0.0687. The largest absolute Gasteiger partial charge is 0.476 e. The quantitative estimate of drug-likeness (QED) is 0.770. The Morgan fingerprint density at radius 1 is 1.61 bits per heavy atom. The van der Waals surface area contributed by atoms with E-state index in [4.69, 9.17) is 5.11 Å². The van der Waals surface area contributed by atoms with Crippen molar-refractivity contribution in [3.8, 4) is 0 Å². The molecule has 1 aromatic rings. The van der Waals surface area contributed by atoms with E-state index < -0.39 is 21.7 Å². The molecule has 7 nitrogen and oxygen atoms in total. The third-order valence-electron chi connectivity index (χ3n) is 2.43. The Hall–Kier alpha value is -1.03. The minimum absolute atomic E-state index is 0.000902. The number of nitrogens with one attached hydrogen (secondary N) is 1. The summed E-state index contributed by atoms with van der Waals surface area (Å²) in [5.41, 5.74) is 0.762. The van der Waals surface area contributed by atoms with E-state index in [1.54, 1.807) is 0 Å². The number of carboxylic acids is 1. The average Bonchev–Trinajstić information content (AvgIpc) is 2.75. The first-order valence-electron chi connectivity index (χ1n) is 5.08. The Kier molecular flexibility index (Phi) is 4.79. The fourth-order valence-corrected chi connectivity index (χ4v) is 3.35. The molecule has 1 rings (SSSR count). The van der Waals surface area contributed by atoms with Crippen LogP contribution in [0.5, 0.6) is 0 Å². The van der Waals surface area contributed by atoms with Crippen molar-refractivity contribution >= 4 is 27.3 Å². The molecule has 1 aromatic heterocycles. The lowest BCUT2D eigenvalue weighted by Crippen LogP contribution is -2.38. The third-order valence-corrected chi connectivity index (χ3v) is 5.23. The van der Waals surface area contributed by atoms with Gasteiger partial charge in [0.15, 0.2) is 9.90 Å². The summed E-state index contributed by atoms with van der Waals surface area (Å²) in [6.45, 7) is 2.06. The van der Waals surface area contributed by atoms with Gasteiger partial charge in [-0.2, -0.15) is 0 Å². The van der Waals surface area contributed by atoms with Crippen LogP contribution < -0.4 is 4.72 Å². The molecule has 102 valence electrons. The highest BCUT2D eigenvalue weighted by Crippen LogP contribution is 2.19. The van der Waals surface area contributed by atoms with Crippen LogP contribution in [0.3, 0.4) is 0 Å². The molecule has 2 N–H and O–H groups in total. The van der Waals surface area contributed by atoms with Crippen molar-refractivity contribution in [1.29, 1.82) is 0 Å². The average molecular weight is 293 g/mol. The molecule has 0 aliphatic rings. The normalized spacial score (nSPS) is 13.8. The zero-order valence-corrected chi connectivity index (χ0v) is 11.9. The van der Waals surface area contributed by atoms with Crippen LogP contribution in [-0.2, 0) is 10.0 Å². The molecule has 0 spiro atoms. The number of sulfonamides is 1. The van der Waals surface area contributed by atoms with Gasteiger partial charge >= 0.3 is 5.97 Å². The molecular formula is C9H15N3O4S2. The molecule has 1 heterocycles. The van der Waals surface area contributed by atoms with Gasteiger partial charge in [0, 0.05) is 12.6 Å². The molecule has 1 atom stereocenters. The van der Waals surface area contributed by atoms with Gasteiger partial charge < -0.3 is 10.0 Å². The number of aromatic carboxylic acids is 1. The zero-order valence-electron chi connectivity index (χ0n) is 10.2. The SMILES string of the molecule is CC(CNS(=O)(=O)c1scnc1C(=O)O)N(C)C. The predicted molar refractivity (Wildman–Crippen MR) is 67.4 cm³/mol. The summed E-state index contributed by atoms with van der Waals surface area (Å²) in [7, 11) is -0.167. The van der Waals surface area contributed by atoms with Crippen molar-refractivity contribution < 1.29 is 18.3 Å². The lowest BCUT2D eigenvalue weighted by atomic mass is 10.3. The van der Waals surface area contributed by atoms with E-state index in [2.05, 4.69) is 9.71 Å². The van der Waals surface area contributed by atoms with Crippen LogP contribution in [-0.4, -0.2) is 56.1 Å². The fraction of sp³-hybridized carbons (Fsp3) is 0.556. The van der Waals surface area contributed by atoms with Crippen molar-refractivity contribution in [3.05, 3.63) is 11.2 Å². The number of hydrogen-bond donors (Lipinski definition) is 2. The van der Waals surface area contributed by atoms with Gasteiger partial charge in [0.2, 0.25) is 0 Å². The molecule has 0 aromatic carbocycles. The number of likely N-dealkylation sites (N-methyl/N-ethyl adjacent to an activating group) is 1. The molecule has 0 aliphatic carbocycles. The molecule has 0 amide bonds. The van der Waals surface area contributed by atoms with Gasteiger partial charge in [0.25, 0.3) is 10.0 Å². The van der Waals surface area contributed by atoms with Crippen LogP contribution in [0, 0.1) is 0 Å². The first kappa shape index (κ1) is 15.0. The van der Waals surface area contributed by atoms with E-state index in [0.717, 1.165) is 11.3 Å². The Balaban J connectivity index is 2.87. The number of thiazole rings is 1. The van der Waals surface area contributed by atoms with Crippen molar-refractivity contribution in [2.45, 2.75) is 17.2 Å². The van der Waals surface area contributed by atoms with E-state index in [0.29, 0.717) is 0 Å². The van der Waals surface area contributed by atoms with Crippen LogP contribution >= 0.6 is 11.3 Å². The van der Waals surface area contributed by atoms with Gasteiger partial charge in [-0.15, -0.1) is 11.3 Å². The molecule has 0 aliphatic heterocycles. The van der Waals surface area contributed by atoms with E-state index >= 15 is 0 Å². The van der Waals surface area contributed by atoms with Crippen LogP contribution in [0.4, 0.5) is 0 Å². The predicted octanol–water partition coefficient (Wildman–Crippen LogP) is 0.0697. The Morgan fingerprint density at radius 3 is 2.72 bits per heavy atom. The van der Waals surface area contributed by atoms with E-state index in [-0.39, 0.29) is 16.8 Å². The first-order valence-corrected chi connectivity index (χ1v) is 7.45. The Labute approximate surface area is 110 Å². The second kappa shape index (κ2) is 5.74. The molecule has 0 radical (unpaired) electrons. The highest BCUT2D eigenvalue weighted by molar-refractivity contribution is 7.91. The second-order valence-electron chi connectivity index (χ2n) is 3.96. The molecular weight excluding hydrogens is 278 g/mol. The highest BCUT2D eigenvalue weighted by Gasteiger charge is 2.25. The number of hydrogen-bond acceptors (Lipinski definition) is 6. The van der Waals surface area contributed by atoms with E-state index in [1.165, 1.54) is 5.51 Å². The summed E-state index contributed by atoms with van der Waals surface area (Å²) in [5.74, 6) is -1.35. The standard InChI is InChI=1S/C9H15N3O4S2/c1-6(12(2)3)4-11-18(15,16)9-7(8(13)14)10-5-17-9/h5-6,11H,4H2,1-3H3,(H,13,14). The van der Waals surface area contributed by atoms with Crippen molar-refractivity contribution in [2.75, 3.05) is 20.6 Å². The third kappa shape index (κ3) is 3.48. The Bertz CT molecular complexity index is 524. The summed E-state index contributed by atoms with van der Waals surface area (Å²) in [5, 5.41) is 8.83. The van der Waals surface area contributed by atoms with Crippen molar-refractivity contribution in [2.24, 2.45) is 0 Å². The molecule has 0 saturated heterocycles. The maximum Gasteiger partial charge on any atom is 0.356 e. The number of carboxylic acid groups (broad SMARTS) is 1. The van der Waals surface area contributed by atoms with Gasteiger partial charge in [0.1, 0.15) is 0 Å². The van der Waals surface area contributed by atoms with Crippen LogP contribution in [0.25, 0.3) is 0 Å². The molecule has 0 bridgehead atoms. The summed E-state index contributed by atoms with van der Waals surface area (Å²) in [6, 6.07) is 0.000902.